The van der Waals surface area contributed by atoms with Gasteiger partial charge in [0.25, 0.3) is 0 Å². The molecule has 0 aliphatic heterocycles. The van der Waals surface area contributed by atoms with Crippen molar-refractivity contribution < 1.29 is 0 Å². The molecule has 0 bridgehead atoms. The van der Waals surface area contributed by atoms with E-state index in [0.717, 1.165) is 11.0 Å². The van der Waals surface area contributed by atoms with Gasteiger partial charge in [0.15, 0.2) is 0 Å². The Bertz CT molecular complexity index is 660. The number of nitrogens with zero attached hydrogens (tertiary/aromatic N) is 3. The highest BCUT2D eigenvalue weighted by molar-refractivity contribution is 6.42. The van der Waals surface area contributed by atoms with Gasteiger partial charge < -0.3 is 0 Å². The summed E-state index contributed by atoms with van der Waals surface area (Å²) in [5.41, 5.74) is 1.70. The molecule has 15 heavy (non-hydrogen) atoms. The van der Waals surface area contributed by atoms with Crippen molar-refractivity contribution in [2.24, 2.45) is 0 Å². The van der Waals surface area contributed by atoms with Crippen molar-refractivity contribution in [3.05, 3.63) is 40.6 Å². The van der Waals surface area contributed by atoms with Crippen molar-refractivity contribution in [1.82, 2.24) is 14.4 Å². The zero-order valence-corrected chi connectivity index (χ0v) is 9.00. The second-order valence-corrected chi connectivity index (χ2v) is 3.97. The quantitative estimate of drug-likeness (QED) is 0.602. The summed E-state index contributed by atoms with van der Waals surface area (Å²) in [6, 6.07) is 5.38. The fourth-order valence-electron chi connectivity index (χ4n) is 1.55. The lowest BCUT2D eigenvalue weighted by Crippen LogP contribution is -1.85. The molecule has 0 aliphatic rings. The van der Waals surface area contributed by atoms with Crippen LogP contribution in [0.4, 0.5) is 0 Å². The van der Waals surface area contributed by atoms with E-state index >= 15 is 0 Å². The first-order valence-corrected chi connectivity index (χ1v) is 5.09. The standard InChI is InChI=1S/C10H5Cl2N3/c11-6-4-8-9(5-7(6)12)15-3-1-2-13-10(15)14-8/h1-5H. The molecule has 0 amide bonds. The molecule has 2 aromatic heterocycles. The van der Waals surface area contributed by atoms with E-state index in [1.165, 1.54) is 0 Å². The lowest BCUT2D eigenvalue weighted by atomic mass is 10.3. The molecule has 3 aromatic rings. The van der Waals surface area contributed by atoms with Crippen LogP contribution in [0.25, 0.3) is 16.8 Å². The summed E-state index contributed by atoms with van der Waals surface area (Å²) in [5, 5.41) is 1.03. The average molecular weight is 238 g/mol. The minimum atomic E-state index is 0.507. The van der Waals surface area contributed by atoms with E-state index in [4.69, 9.17) is 23.2 Å². The maximum Gasteiger partial charge on any atom is 0.234 e. The molecule has 0 saturated heterocycles. The van der Waals surface area contributed by atoms with Crippen LogP contribution in [-0.2, 0) is 0 Å². The molecule has 3 rings (SSSR count). The Labute approximate surface area is 95.3 Å². The Morgan fingerprint density at radius 1 is 1.13 bits per heavy atom. The molecule has 0 spiro atoms. The van der Waals surface area contributed by atoms with E-state index in [2.05, 4.69) is 9.97 Å². The van der Waals surface area contributed by atoms with E-state index in [0.29, 0.717) is 15.8 Å². The predicted molar refractivity (Wildman–Crippen MR) is 60.5 cm³/mol. The smallest absolute Gasteiger partial charge is 0.234 e. The third kappa shape index (κ3) is 1.28. The first-order chi connectivity index (χ1) is 7.25. The molecule has 5 heteroatoms. The Hall–Kier alpha value is -1.32. The summed E-state index contributed by atoms with van der Waals surface area (Å²) >= 11 is 11.9. The summed E-state index contributed by atoms with van der Waals surface area (Å²) in [7, 11) is 0. The number of imidazole rings is 1. The molecule has 0 atom stereocenters. The van der Waals surface area contributed by atoms with Crippen LogP contribution in [0, 0.1) is 0 Å². The molecule has 0 N–H and O–H groups in total. The van der Waals surface area contributed by atoms with Crippen molar-refractivity contribution in [3.8, 4) is 0 Å². The van der Waals surface area contributed by atoms with E-state index in [1.54, 1.807) is 18.3 Å². The summed E-state index contributed by atoms with van der Waals surface area (Å²) in [6.45, 7) is 0. The molecule has 0 aliphatic carbocycles. The van der Waals surface area contributed by atoms with E-state index in [1.807, 2.05) is 16.7 Å². The van der Waals surface area contributed by atoms with E-state index in [9.17, 15) is 0 Å². The molecule has 0 radical (unpaired) electrons. The van der Waals surface area contributed by atoms with Gasteiger partial charge in [-0.3, -0.25) is 4.40 Å². The third-order valence-electron chi connectivity index (χ3n) is 2.22. The first-order valence-electron chi connectivity index (χ1n) is 4.33. The van der Waals surface area contributed by atoms with Gasteiger partial charge in [0.2, 0.25) is 5.78 Å². The molecule has 0 saturated carbocycles. The number of hydrogen-bond acceptors (Lipinski definition) is 2. The van der Waals surface area contributed by atoms with Crippen molar-refractivity contribution in [1.29, 1.82) is 0 Å². The largest absolute Gasteiger partial charge is 0.284 e. The van der Waals surface area contributed by atoms with Crippen LogP contribution in [0.5, 0.6) is 0 Å². The number of hydrogen-bond donors (Lipinski definition) is 0. The van der Waals surface area contributed by atoms with Gasteiger partial charge in [-0.15, -0.1) is 0 Å². The monoisotopic (exact) mass is 237 g/mol. The number of benzene rings is 1. The van der Waals surface area contributed by atoms with Crippen LogP contribution in [0.2, 0.25) is 10.0 Å². The number of fused-ring (bicyclic) bond motifs is 3. The lowest BCUT2D eigenvalue weighted by Gasteiger charge is -1.96. The lowest BCUT2D eigenvalue weighted by molar-refractivity contribution is 1.13. The summed E-state index contributed by atoms with van der Waals surface area (Å²) < 4.78 is 1.87. The van der Waals surface area contributed by atoms with Gasteiger partial charge in [0.05, 0.1) is 21.1 Å². The van der Waals surface area contributed by atoms with Crippen LogP contribution in [0.15, 0.2) is 30.6 Å². The highest BCUT2D eigenvalue weighted by Crippen LogP contribution is 2.27. The molecular formula is C10H5Cl2N3. The van der Waals surface area contributed by atoms with Crippen LogP contribution < -0.4 is 0 Å². The second kappa shape index (κ2) is 3.08. The molecular weight excluding hydrogens is 233 g/mol. The van der Waals surface area contributed by atoms with E-state index in [-0.39, 0.29) is 0 Å². The molecule has 1 aromatic carbocycles. The second-order valence-electron chi connectivity index (χ2n) is 3.16. The summed E-state index contributed by atoms with van der Waals surface area (Å²) in [4.78, 5) is 8.47. The van der Waals surface area contributed by atoms with Crippen LogP contribution in [-0.4, -0.2) is 14.4 Å². The van der Waals surface area contributed by atoms with Gasteiger partial charge in [0, 0.05) is 12.4 Å². The normalized spacial score (nSPS) is 11.3. The Morgan fingerprint density at radius 3 is 2.80 bits per heavy atom. The highest BCUT2D eigenvalue weighted by Gasteiger charge is 2.07. The number of halogens is 2. The van der Waals surface area contributed by atoms with Crippen LogP contribution in [0.1, 0.15) is 0 Å². The molecule has 3 nitrogen and oxygen atoms in total. The van der Waals surface area contributed by atoms with Gasteiger partial charge >= 0.3 is 0 Å². The minimum absolute atomic E-state index is 0.507. The summed E-state index contributed by atoms with van der Waals surface area (Å²) in [5.74, 6) is 0.644. The van der Waals surface area contributed by atoms with Crippen LogP contribution in [0.3, 0.4) is 0 Å². The average Bonchev–Trinajstić information content (AvgIpc) is 2.57. The third-order valence-corrected chi connectivity index (χ3v) is 2.95. The fraction of sp³-hybridized carbons (Fsp3) is 0. The first kappa shape index (κ1) is 8.95. The van der Waals surface area contributed by atoms with Gasteiger partial charge in [-0.2, -0.15) is 0 Å². The molecule has 74 valence electrons. The maximum atomic E-state index is 5.95. The van der Waals surface area contributed by atoms with Gasteiger partial charge in [-0.05, 0) is 18.2 Å². The van der Waals surface area contributed by atoms with Gasteiger partial charge in [-0.25, -0.2) is 9.97 Å². The zero-order chi connectivity index (χ0) is 10.4. The van der Waals surface area contributed by atoms with Gasteiger partial charge in [0.1, 0.15) is 0 Å². The van der Waals surface area contributed by atoms with Crippen LogP contribution >= 0.6 is 23.2 Å². The Kier molecular flexibility index (Phi) is 1.84. The topological polar surface area (TPSA) is 30.2 Å². The highest BCUT2D eigenvalue weighted by atomic mass is 35.5. The van der Waals surface area contributed by atoms with Crippen molar-refractivity contribution in [2.75, 3.05) is 0 Å². The van der Waals surface area contributed by atoms with E-state index < -0.39 is 0 Å². The fourth-order valence-corrected chi connectivity index (χ4v) is 1.87. The van der Waals surface area contributed by atoms with Gasteiger partial charge in [-0.1, -0.05) is 23.2 Å². The molecule has 0 unspecified atom stereocenters. The minimum Gasteiger partial charge on any atom is -0.284 e. The summed E-state index contributed by atoms with van der Waals surface area (Å²) in [6.07, 6.45) is 3.59. The SMILES string of the molecule is Clc1cc2nc3ncccn3c2cc1Cl. The maximum absolute atomic E-state index is 5.95. The predicted octanol–water partition coefficient (Wildman–Crippen LogP) is 3.19. The number of rotatable bonds is 0. The zero-order valence-electron chi connectivity index (χ0n) is 7.48. The van der Waals surface area contributed by atoms with Crippen molar-refractivity contribution in [2.45, 2.75) is 0 Å². The molecule has 2 heterocycles. The molecule has 0 fully saturated rings. The Morgan fingerprint density at radius 2 is 1.93 bits per heavy atom. The Balaban J connectivity index is 2.56. The van der Waals surface area contributed by atoms with Crippen molar-refractivity contribution >= 4 is 40.0 Å². The van der Waals surface area contributed by atoms with Crippen molar-refractivity contribution in [3.63, 3.8) is 0 Å². The number of aromatic nitrogens is 3.